The van der Waals surface area contributed by atoms with Gasteiger partial charge in [0.1, 0.15) is 0 Å². The highest BCUT2D eigenvalue weighted by molar-refractivity contribution is 5.24. The van der Waals surface area contributed by atoms with E-state index in [4.69, 9.17) is 9.47 Å². The van der Waals surface area contributed by atoms with Gasteiger partial charge in [0, 0.05) is 25.2 Å². The van der Waals surface area contributed by atoms with E-state index in [0.717, 1.165) is 26.3 Å². The highest BCUT2D eigenvalue weighted by atomic mass is 16.5. The van der Waals surface area contributed by atoms with Crippen LogP contribution in [0.5, 0.6) is 0 Å². The summed E-state index contributed by atoms with van der Waals surface area (Å²) in [7, 11) is 0. The molecule has 2 heterocycles. The first kappa shape index (κ1) is 21.0. The third-order valence-corrected chi connectivity index (χ3v) is 5.30. The first-order valence-corrected chi connectivity index (χ1v) is 10.3. The fourth-order valence-electron chi connectivity index (χ4n) is 3.36. The van der Waals surface area contributed by atoms with Crippen LogP contribution in [0.4, 0.5) is 0 Å². The Labute approximate surface area is 169 Å². The van der Waals surface area contributed by atoms with Crippen molar-refractivity contribution in [2.24, 2.45) is 0 Å². The lowest BCUT2D eigenvalue weighted by molar-refractivity contribution is 0.00691. The molecular formula is C24H34N2O2. The first-order chi connectivity index (χ1) is 13.5. The largest absolute Gasteiger partial charge is 0.371 e. The van der Waals surface area contributed by atoms with E-state index >= 15 is 0 Å². The molecule has 28 heavy (non-hydrogen) atoms. The Balaban J connectivity index is 0.000000161. The molecule has 2 aliphatic rings. The summed E-state index contributed by atoms with van der Waals surface area (Å²) in [6.07, 6.45) is 0.457. The number of benzene rings is 2. The van der Waals surface area contributed by atoms with E-state index in [9.17, 15) is 0 Å². The summed E-state index contributed by atoms with van der Waals surface area (Å²) in [6.45, 7) is 11.9. The summed E-state index contributed by atoms with van der Waals surface area (Å²) in [4.78, 5) is 0. The first-order valence-electron chi connectivity index (χ1n) is 10.3. The molecule has 2 fully saturated rings. The number of nitrogens with one attached hydrogen (secondary N) is 2. The van der Waals surface area contributed by atoms with Crippen molar-refractivity contribution >= 4 is 0 Å². The molecule has 4 heteroatoms. The molecule has 4 rings (SSSR count). The van der Waals surface area contributed by atoms with E-state index in [1.54, 1.807) is 0 Å². The van der Waals surface area contributed by atoms with Crippen LogP contribution in [0.1, 0.15) is 48.3 Å². The molecule has 4 nitrogen and oxygen atoms in total. The van der Waals surface area contributed by atoms with Crippen molar-refractivity contribution in [3.8, 4) is 0 Å². The maximum absolute atomic E-state index is 5.75. The second-order valence-electron chi connectivity index (χ2n) is 8.08. The zero-order chi connectivity index (χ0) is 19.9. The van der Waals surface area contributed by atoms with Crippen LogP contribution < -0.4 is 10.6 Å². The van der Waals surface area contributed by atoms with Crippen molar-refractivity contribution in [2.45, 2.75) is 52.0 Å². The van der Waals surface area contributed by atoms with Gasteiger partial charge in [-0.25, -0.2) is 0 Å². The topological polar surface area (TPSA) is 42.5 Å². The van der Waals surface area contributed by atoms with E-state index < -0.39 is 0 Å². The van der Waals surface area contributed by atoms with E-state index in [1.807, 2.05) is 0 Å². The monoisotopic (exact) mass is 382 g/mol. The lowest BCUT2D eigenvalue weighted by Gasteiger charge is -2.28. The number of rotatable bonds is 2. The predicted molar refractivity (Wildman–Crippen MR) is 115 cm³/mol. The highest BCUT2D eigenvalue weighted by Crippen LogP contribution is 2.21. The number of hydrogen-bond acceptors (Lipinski definition) is 4. The summed E-state index contributed by atoms with van der Waals surface area (Å²) < 4.78 is 11.5. The molecule has 2 saturated heterocycles. The summed E-state index contributed by atoms with van der Waals surface area (Å²) in [6, 6.07) is 18.1. The van der Waals surface area contributed by atoms with Gasteiger partial charge >= 0.3 is 0 Å². The lowest BCUT2D eigenvalue weighted by Crippen LogP contribution is -2.40. The minimum absolute atomic E-state index is 0.229. The van der Waals surface area contributed by atoms with Gasteiger partial charge in [0.2, 0.25) is 0 Å². The van der Waals surface area contributed by atoms with E-state index in [2.05, 4.69) is 86.9 Å². The second kappa shape index (κ2) is 10.2. The Hall–Kier alpha value is -1.72. The number of aryl methyl sites for hydroxylation is 2. The zero-order valence-electron chi connectivity index (χ0n) is 17.6. The Morgan fingerprint density at radius 3 is 1.29 bits per heavy atom. The normalized spacial score (nSPS) is 27.6. The van der Waals surface area contributed by atoms with Crippen molar-refractivity contribution in [3.05, 3.63) is 70.8 Å². The molecule has 1 unspecified atom stereocenters. The van der Waals surface area contributed by atoms with Gasteiger partial charge in [-0.05, 0) is 38.8 Å². The molecule has 2 N–H and O–H groups in total. The quantitative estimate of drug-likeness (QED) is 0.821. The van der Waals surface area contributed by atoms with Crippen molar-refractivity contribution < 1.29 is 9.47 Å². The van der Waals surface area contributed by atoms with Crippen molar-refractivity contribution in [2.75, 3.05) is 26.3 Å². The lowest BCUT2D eigenvalue weighted by atomic mass is 10.1. The molecule has 0 aromatic heterocycles. The molecule has 2 aromatic rings. The second-order valence-corrected chi connectivity index (χ2v) is 8.08. The van der Waals surface area contributed by atoms with E-state index in [1.165, 1.54) is 22.3 Å². The van der Waals surface area contributed by atoms with Crippen LogP contribution in [-0.4, -0.2) is 38.4 Å². The van der Waals surface area contributed by atoms with Crippen LogP contribution in [0.15, 0.2) is 48.5 Å². The molecule has 0 radical (unpaired) electrons. The van der Waals surface area contributed by atoms with Crippen LogP contribution in [0.25, 0.3) is 0 Å². The Morgan fingerprint density at radius 2 is 1.00 bits per heavy atom. The van der Waals surface area contributed by atoms with Gasteiger partial charge in [0.05, 0.1) is 25.4 Å². The Bertz CT molecular complexity index is 635. The number of ether oxygens (including phenoxy) is 2. The van der Waals surface area contributed by atoms with Crippen molar-refractivity contribution in [1.82, 2.24) is 10.6 Å². The molecular weight excluding hydrogens is 348 g/mol. The van der Waals surface area contributed by atoms with Crippen molar-refractivity contribution in [1.29, 1.82) is 0 Å². The molecule has 2 aromatic carbocycles. The summed E-state index contributed by atoms with van der Waals surface area (Å²) >= 11 is 0. The van der Waals surface area contributed by atoms with Gasteiger partial charge < -0.3 is 20.1 Å². The average Bonchev–Trinajstić information content (AvgIpc) is 2.71. The van der Waals surface area contributed by atoms with Gasteiger partial charge in [-0.2, -0.15) is 0 Å². The third kappa shape index (κ3) is 6.14. The van der Waals surface area contributed by atoms with E-state index in [0.29, 0.717) is 12.1 Å². The number of hydrogen-bond donors (Lipinski definition) is 2. The van der Waals surface area contributed by atoms with Crippen LogP contribution in [-0.2, 0) is 9.47 Å². The van der Waals surface area contributed by atoms with Crippen LogP contribution in [0.3, 0.4) is 0 Å². The summed E-state index contributed by atoms with van der Waals surface area (Å²) in [5.41, 5.74) is 5.14. The van der Waals surface area contributed by atoms with Crippen LogP contribution in [0, 0.1) is 13.8 Å². The highest BCUT2D eigenvalue weighted by Gasteiger charge is 2.19. The molecule has 152 valence electrons. The minimum atomic E-state index is 0.229. The summed E-state index contributed by atoms with van der Waals surface area (Å²) in [5.74, 6) is 0. The van der Waals surface area contributed by atoms with Gasteiger partial charge in [0.15, 0.2) is 0 Å². The van der Waals surface area contributed by atoms with Crippen molar-refractivity contribution in [3.63, 3.8) is 0 Å². The molecule has 0 aliphatic carbocycles. The molecule has 0 amide bonds. The maximum atomic E-state index is 5.75. The maximum Gasteiger partial charge on any atom is 0.0950 e. The molecule has 4 atom stereocenters. The summed E-state index contributed by atoms with van der Waals surface area (Å²) in [5, 5.41) is 6.84. The zero-order valence-corrected chi connectivity index (χ0v) is 17.6. The molecule has 0 saturated carbocycles. The fraction of sp³-hybridized carbons (Fsp3) is 0.500. The van der Waals surface area contributed by atoms with Gasteiger partial charge in [-0.15, -0.1) is 0 Å². The average molecular weight is 383 g/mol. The molecule has 0 spiro atoms. The van der Waals surface area contributed by atoms with Gasteiger partial charge in [-0.1, -0.05) is 59.7 Å². The minimum Gasteiger partial charge on any atom is -0.371 e. The van der Waals surface area contributed by atoms with Crippen LogP contribution >= 0.6 is 0 Å². The van der Waals surface area contributed by atoms with E-state index in [-0.39, 0.29) is 12.2 Å². The van der Waals surface area contributed by atoms with Crippen LogP contribution in [0.2, 0.25) is 0 Å². The van der Waals surface area contributed by atoms with Gasteiger partial charge in [-0.3, -0.25) is 0 Å². The predicted octanol–water partition coefficient (Wildman–Crippen LogP) is 4.09. The van der Waals surface area contributed by atoms with Gasteiger partial charge in [0.25, 0.3) is 0 Å². The third-order valence-electron chi connectivity index (χ3n) is 5.30. The molecule has 0 bridgehead atoms. The Kier molecular flexibility index (Phi) is 7.63. The SMILES string of the molecule is Cc1ccc(C2CN[C@@H](C)CO2)cc1.Cc1ccc([C@@H]2CN[C@@H](C)CO2)cc1. The fourth-order valence-corrected chi connectivity index (χ4v) is 3.36. The number of morpholine rings is 2. The smallest absolute Gasteiger partial charge is 0.0950 e. The Morgan fingerprint density at radius 1 is 0.643 bits per heavy atom. The standard InChI is InChI=1S/2C12H17NO/c2*1-9-3-5-11(6-4-9)12-7-13-10(2)8-14-12/h2*3-6,10,12-13H,7-8H2,1-2H3/t10-,12?;10-,12-/m00/s1. The molecule has 2 aliphatic heterocycles.